The van der Waals surface area contributed by atoms with Crippen LogP contribution in [0.3, 0.4) is 0 Å². The van der Waals surface area contributed by atoms with E-state index in [-0.39, 0.29) is 41.5 Å². The van der Waals surface area contributed by atoms with Crippen LogP contribution in [-0.4, -0.2) is 56.5 Å². The molecule has 0 spiro atoms. The van der Waals surface area contributed by atoms with Crippen molar-refractivity contribution in [3.05, 3.63) is 35.4 Å². The van der Waals surface area contributed by atoms with Gasteiger partial charge in [0.2, 0.25) is 0 Å². The molecule has 8 heteroatoms. The minimum atomic E-state index is -2.90. The van der Waals surface area contributed by atoms with Crippen molar-refractivity contribution in [3.8, 4) is 0 Å². The molecular formula is C19H33IN4O2S. The van der Waals surface area contributed by atoms with Gasteiger partial charge in [-0.15, -0.1) is 24.0 Å². The monoisotopic (exact) mass is 508 g/mol. The molecule has 0 bridgehead atoms. The molecule has 1 atom stereocenters. The summed E-state index contributed by atoms with van der Waals surface area (Å²) >= 11 is 0. The molecule has 1 fully saturated rings. The molecular weight excluding hydrogens is 475 g/mol. The fraction of sp³-hybridized carbons (Fsp3) is 0.632. The fourth-order valence-corrected chi connectivity index (χ4v) is 4.81. The van der Waals surface area contributed by atoms with Gasteiger partial charge < -0.3 is 10.6 Å². The lowest BCUT2D eigenvalue weighted by atomic mass is 10.1. The van der Waals surface area contributed by atoms with Gasteiger partial charge in [0.1, 0.15) is 0 Å². The zero-order valence-electron chi connectivity index (χ0n) is 16.6. The van der Waals surface area contributed by atoms with Crippen LogP contribution in [0.25, 0.3) is 0 Å². The lowest BCUT2D eigenvalue weighted by molar-refractivity contribution is 0.295. The van der Waals surface area contributed by atoms with E-state index in [4.69, 9.17) is 4.99 Å². The Bertz CT molecular complexity index is 705. The summed E-state index contributed by atoms with van der Waals surface area (Å²) in [6.07, 6.45) is 0.644. The highest BCUT2D eigenvalue weighted by Crippen LogP contribution is 2.14. The van der Waals surface area contributed by atoms with Gasteiger partial charge in [-0.3, -0.25) is 4.90 Å². The highest BCUT2D eigenvalue weighted by atomic mass is 127. The van der Waals surface area contributed by atoms with Crippen molar-refractivity contribution in [3.63, 3.8) is 0 Å². The maximum atomic E-state index is 11.7. The Hall–Kier alpha value is -0.870. The predicted octanol–water partition coefficient (Wildman–Crippen LogP) is 2.39. The summed E-state index contributed by atoms with van der Waals surface area (Å²) < 4.78 is 23.3. The Labute approximate surface area is 181 Å². The summed E-state index contributed by atoms with van der Waals surface area (Å²) in [5, 5.41) is 6.50. The molecule has 1 aliphatic heterocycles. The Morgan fingerprint density at radius 3 is 2.41 bits per heavy atom. The average Bonchev–Trinajstić information content (AvgIpc) is 2.97. The first-order valence-electron chi connectivity index (χ1n) is 9.51. The Kier molecular flexibility index (Phi) is 10.6. The molecule has 6 nitrogen and oxygen atoms in total. The third kappa shape index (κ3) is 7.95. The molecule has 1 aromatic rings. The number of hydrogen-bond acceptors (Lipinski definition) is 4. The predicted molar refractivity (Wildman–Crippen MR) is 123 cm³/mol. The van der Waals surface area contributed by atoms with E-state index in [0.717, 1.165) is 26.2 Å². The number of aliphatic imine (C=N–C) groups is 1. The number of nitrogens with zero attached hydrogens (tertiary/aromatic N) is 2. The summed E-state index contributed by atoms with van der Waals surface area (Å²) in [6.45, 7) is 10.6. The summed E-state index contributed by atoms with van der Waals surface area (Å²) in [6, 6.07) is 8.34. The Morgan fingerprint density at radius 1 is 1.19 bits per heavy atom. The van der Waals surface area contributed by atoms with Crippen LogP contribution in [0.4, 0.5) is 0 Å². The second-order valence-corrected chi connectivity index (χ2v) is 8.90. The molecule has 1 heterocycles. The number of sulfone groups is 1. The van der Waals surface area contributed by atoms with Crippen molar-refractivity contribution >= 4 is 39.8 Å². The summed E-state index contributed by atoms with van der Waals surface area (Å²) in [5.74, 6) is 1.14. The highest BCUT2D eigenvalue weighted by Gasteiger charge is 2.28. The third-order valence-electron chi connectivity index (χ3n) is 4.73. The molecule has 1 aliphatic rings. The first kappa shape index (κ1) is 24.2. The summed E-state index contributed by atoms with van der Waals surface area (Å²) in [7, 11) is -2.90. The van der Waals surface area contributed by atoms with Gasteiger partial charge in [0.05, 0.1) is 18.1 Å². The largest absolute Gasteiger partial charge is 0.357 e. The molecule has 1 aromatic carbocycles. The second-order valence-electron chi connectivity index (χ2n) is 6.67. The molecule has 27 heavy (non-hydrogen) atoms. The summed E-state index contributed by atoms with van der Waals surface area (Å²) in [4.78, 5) is 7.08. The van der Waals surface area contributed by atoms with Gasteiger partial charge in [-0.05, 0) is 37.6 Å². The standard InChI is InChI=1S/C19H32N4O2S.HI/c1-4-20-19(22-18-11-12-26(24,25)15-18)21-13-16-9-7-8-10-17(16)14-23(5-2)6-3;/h7-10,18H,4-6,11-15H2,1-3H3,(H2,20,21,22);1H. The van der Waals surface area contributed by atoms with Gasteiger partial charge in [-0.1, -0.05) is 38.1 Å². The normalized spacial score (nSPS) is 19.0. The van der Waals surface area contributed by atoms with Crippen molar-refractivity contribution < 1.29 is 8.42 Å². The van der Waals surface area contributed by atoms with E-state index in [1.165, 1.54) is 11.1 Å². The van der Waals surface area contributed by atoms with E-state index in [2.05, 4.69) is 47.6 Å². The zero-order chi connectivity index (χ0) is 19.0. The average molecular weight is 508 g/mol. The molecule has 0 saturated carbocycles. The van der Waals surface area contributed by atoms with Gasteiger partial charge in [0.25, 0.3) is 0 Å². The first-order valence-corrected chi connectivity index (χ1v) is 11.3. The molecule has 2 rings (SSSR count). The van der Waals surface area contributed by atoms with E-state index in [1.54, 1.807) is 0 Å². The lowest BCUT2D eigenvalue weighted by Gasteiger charge is -2.20. The Morgan fingerprint density at radius 2 is 1.85 bits per heavy atom. The van der Waals surface area contributed by atoms with Crippen LogP contribution in [0.15, 0.2) is 29.3 Å². The van der Waals surface area contributed by atoms with Gasteiger partial charge in [0, 0.05) is 19.1 Å². The van der Waals surface area contributed by atoms with Crippen LogP contribution in [0, 0.1) is 0 Å². The van der Waals surface area contributed by atoms with Crippen molar-refractivity contribution in [1.29, 1.82) is 0 Å². The molecule has 1 saturated heterocycles. The number of nitrogens with one attached hydrogen (secondary N) is 2. The van der Waals surface area contributed by atoms with Crippen molar-refractivity contribution in [2.24, 2.45) is 4.99 Å². The zero-order valence-corrected chi connectivity index (χ0v) is 19.7. The van der Waals surface area contributed by atoms with Crippen molar-refractivity contribution in [2.45, 2.75) is 46.3 Å². The van der Waals surface area contributed by atoms with Crippen LogP contribution in [0.2, 0.25) is 0 Å². The van der Waals surface area contributed by atoms with Crippen LogP contribution in [0.5, 0.6) is 0 Å². The quantitative estimate of drug-likeness (QED) is 0.321. The van der Waals surface area contributed by atoms with Crippen LogP contribution in [0.1, 0.15) is 38.3 Å². The maximum Gasteiger partial charge on any atom is 0.191 e. The Balaban J connectivity index is 0.00000364. The number of benzene rings is 1. The summed E-state index contributed by atoms with van der Waals surface area (Å²) in [5.41, 5.74) is 2.50. The van der Waals surface area contributed by atoms with E-state index >= 15 is 0 Å². The first-order chi connectivity index (χ1) is 12.5. The van der Waals surface area contributed by atoms with Gasteiger partial charge in [-0.25, -0.2) is 13.4 Å². The van der Waals surface area contributed by atoms with E-state index in [9.17, 15) is 8.42 Å². The number of rotatable bonds is 8. The van der Waals surface area contributed by atoms with Gasteiger partial charge >= 0.3 is 0 Å². The van der Waals surface area contributed by atoms with Crippen LogP contribution >= 0.6 is 24.0 Å². The van der Waals surface area contributed by atoms with Crippen LogP contribution in [-0.2, 0) is 22.9 Å². The minimum absolute atomic E-state index is 0. The highest BCUT2D eigenvalue weighted by molar-refractivity contribution is 14.0. The molecule has 0 aromatic heterocycles. The molecule has 0 radical (unpaired) electrons. The SMILES string of the molecule is CCNC(=NCc1ccccc1CN(CC)CC)NC1CCS(=O)(=O)C1.I. The molecule has 154 valence electrons. The van der Waals surface area contributed by atoms with Crippen LogP contribution < -0.4 is 10.6 Å². The molecule has 2 N–H and O–H groups in total. The topological polar surface area (TPSA) is 73.8 Å². The van der Waals surface area contributed by atoms with E-state index in [1.807, 2.05) is 13.0 Å². The van der Waals surface area contributed by atoms with Gasteiger partial charge in [-0.2, -0.15) is 0 Å². The number of halogens is 1. The van der Waals surface area contributed by atoms with Gasteiger partial charge in [0.15, 0.2) is 15.8 Å². The number of guanidine groups is 1. The third-order valence-corrected chi connectivity index (χ3v) is 6.50. The van der Waals surface area contributed by atoms with E-state index in [0.29, 0.717) is 18.9 Å². The van der Waals surface area contributed by atoms with E-state index < -0.39 is 9.84 Å². The fourth-order valence-electron chi connectivity index (χ4n) is 3.14. The molecule has 0 amide bonds. The number of hydrogen-bond donors (Lipinski definition) is 2. The molecule has 1 unspecified atom stereocenters. The molecule has 0 aliphatic carbocycles. The van der Waals surface area contributed by atoms with Crippen molar-refractivity contribution in [2.75, 3.05) is 31.1 Å². The maximum absolute atomic E-state index is 11.7. The smallest absolute Gasteiger partial charge is 0.191 e. The lowest BCUT2D eigenvalue weighted by Crippen LogP contribution is -2.44. The minimum Gasteiger partial charge on any atom is -0.357 e. The second kappa shape index (κ2) is 11.9. The van der Waals surface area contributed by atoms with Crippen molar-refractivity contribution in [1.82, 2.24) is 15.5 Å².